The molecule has 0 aromatic heterocycles. The summed E-state index contributed by atoms with van der Waals surface area (Å²) in [6.45, 7) is 5.60. The number of nitrogens with two attached hydrogens (primary N) is 1. The van der Waals surface area contributed by atoms with Crippen molar-refractivity contribution in [3.05, 3.63) is 22.7 Å². The van der Waals surface area contributed by atoms with Gasteiger partial charge < -0.3 is 10.8 Å². The topological polar surface area (TPSA) is 92.4 Å². The lowest BCUT2D eigenvalue weighted by molar-refractivity contribution is 0.152. The Bertz CT molecular complexity index is 573. The fraction of sp³-hybridized carbons (Fsp3) is 0.538. The highest BCUT2D eigenvalue weighted by Gasteiger charge is 2.20. The number of anilines is 1. The van der Waals surface area contributed by atoms with E-state index in [4.69, 9.17) is 17.3 Å². The van der Waals surface area contributed by atoms with Gasteiger partial charge in [-0.15, -0.1) is 0 Å². The molecular formula is C13H21ClN2O3S. The SMILES string of the molecule is Cc1cc(Cl)c(S(=O)(=O)NCC(O)CC(C)C)cc1N. The van der Waals surface area contributed by atoms with E-state index in [2.05, 4.69) is 4.72 Å². The first-order chi connectivity index (χ1) is 9.13. The molecule has 0 fully saturated rings. The molecule has 1 aromatic carbocycles. The minimum absolute atomic E-state index is 0.0510. The van der Waals surface area contributed by atoms with E-state index in [0.29, 0.717) is 17.7 Å². The van der Waals surface area contributed by atoms with Crippen LogP contribution >= 0.6 is 11.6 Å². The largest absolute Gasteiger partial charge is 0.398 e. The van der Waals surface area contributed by atoms with E-state index in [9.17, 15) is 13.5 Å². The summed E-state index contributed by atoms with van der Waals surface area (Å²) in [6, 6.07) is 2.84. The van der Waals surface area contributed by atoms with Crippen molar-refractivity contribution in [2.24, 2.45) is 5.92 Å². The van der Waals surface area contributed by atoms with E-state index < -0.39 is 16.1 Å². The molecule has 0 aliphatic carbocycles. The molecule has 5 nitrogen and oxygen atoms in total. The quantitative estimate of drug-likeness (QED) is 0.698. The Kier molecular flexibility index (Phi) is 5.82. The van der Waals surface area contributed by atoms with E-state index in [-0.39, 0.29) is 22.4 Å². The van der Waals surface area contributed by atoms with E-state index in [1.54, 1.807) is 6.92 Å². The van der Waals surface area contributed by atoms with Gasteiger partial charge in [-0.3, -0.25) is 0 Å². The molecule has 1 atom stereocenters. The average molecular weight is 321 g/mol. The van der Waals surface area contributed by atoms with Crippen LogP contribution in [0.4, 0.5) is 5.69 Å². The molecule has 0 bridgehead atoms. The van der Waals surface area contributed by atoms with Gasteiger partial charge in [0, 0.05) is 12.2 Å². The van der Waals surface area contributed by atoms with Crippen molar-refractivity contribution < 1.29 is 13.5 Å². The number of nitrogen functional groups attached to an aromatic ring is 1. The van der Waals surface area contributed by atoms with Gasteiger partial charge in [-0.05, 0) is 37.0 Å². The fourth-order valence-electron chi connectivity index (χ4n) is 1.79. The Morgan fingerprint density at radius 2 is 2.00 bits per heavy atom. The molecule has 1 rings (SSSR count). The third-order valence-corrected chi connectivity index (χ3v) is 4.75. The summed E-state index contributed by atoms with van der Waals surface area (Å²) in [5.74, 6) is 0.285. The van der Waals surface area contributed by atoms with Crippen LogP contribution < -0.4 is 10.5 Å². The Morgan fingerprint density at radius 1 is 1.40 bits per heavy atom. The van der Waals surface area contributed by atoms with Crippen molar-refractivity contribution in [3.8, 4) is 0 Å². The molecule has 1 unspecified atom stereocenters. The molecule has 7 heteroatoms. The normalized spacial score (nSPS) is 13.7. The van der Waals surface area contributed by atoms with Gasteiger partial charge in [0.25, 0.3) is 0 Å². The average Bonchev–Trinajstić information content (AvgIpc) is 2.30. The van der Waals surface area contributed by atoms with Crippen molar-refractivity contribution in [1.82, 2.24) is 4.72 Å². The highest BCUT2D eigenvalue weighted by molar-refractivity contribution is 7.89. The summed E-state index contributed by atoms with van der Waals surface area (Å²) in [4.78, 5) is -0.0704. The number of aliphatic hydroxyl groups excluding tert-OH is 1. The van der Waals surface area contributed by atoms with Gasteiger partial charge in [0.15, 0.2) is 0 Å². The molecule has 0 saturated heterocycles. The van der Waals surface area contributed by atoms with Crippen LogP contribution in [-0.2, 0) is 10.0 Å². The first kappa shape index (κ1) is 17.2. The van der Waals surface area contributed by atoms with E-state index >= 15 is 0 Å². The van der Waals surface area contributed by atoms with Gasteiger partial charge >= 0.3 is 0 Å². The van der Waals surface area contributed by atoms with Crippen molar-refractivity contribution in [1.29, 1.82) is 0 Å². The predicted molar refractivity (Wildman–Crippen MR) is 81.3 cm³/mol. The van der Waals surface area contributed by atoms with E-state index in [1.807, 2.05) is 13.8 Å². The Labute approximate surface area is 125 Å². The summed E-state index contributed by atoms with van der Waals surface area (Å²) < 4.78 is 26.6. The molecular weight excluding hydrogens is 300 g/mol. The summed E-state index contributed by atoms with van der Waals surface area (Å²) in [5.41, 5.74) is 6.78. The van der Waals surface area contributed by atoms with Crippen molar-refractivity contribution in [2.75, 3.05) is 12.3 Å². The Hall–Kier alpha value is -0.820. The molecule has 0 aliphatic rings. The van der Waals surface area contributed by atoms with Crippen LogP contribution in [0, 0.1) is 12.8 Å². The number of halogens is 1. The molecule has 114 valence electrons. The monoisotopic (exact) mass is 320 g/mol. The van der Waals surface area contributed by atoms with Crippen LogP contribution in [0.1, 0.15) is 25.8 Å². The van der Waals surface area contributed by atoms with Crippen LogP contribution in [0.25, 0.3) is 0 Å². The summed E-state index contributed by atoms with van der Waals surface area (Å²) in [6.07, 6.45) is -0.210. The third-order valence-electron chi connectivity index (χ3n) is 2.86. The van der Waals surface area contributed by atoms with Gasteiger partial charge in [-0.1, -0.05) is 25.4 Å². The van der Waals surface area contributed by atoms with Gasteiger partial charge in [0.1, 0.15) is 4.90 Å². The van der Waals surface area contributed by atoms with E-state index in [1.165, 1.54) is 12.1 Å². The van der Waals surface area contributed by atoms with Crippen LogP contribution in [-0.4, -0.2) is 26.2 Å². The molecule has 0 aliphatic heterocycles. The number of sulfonamides is 1. The number of aryl methyl sites for hydroxylation is 1. The molecule has 20 heavy (non-hydrogen) atoms. The second kappa shape index (κ2) is 6.76. The van der Waals surface area contributed by atoms with Crippen LogP contribution in [0.3, 0.4) is 0 Å². The number of nitrogens with one attached hydrogen (secondary N) is 1. The maximum atomic E-state index is 12.1. The van der Waals surface area contributed by atoms with Crippen molar-refractivity contribution >= 4 is 27.3 Å². The van der Waals surface area contributed by atoms with Gasteiger partial charge in [0.2, 0.25) is 10.0 Å². The van der Waals surface area contributed by atoms with E-state index in [0.717, 1.165) is 0 Å². The minimum atomic E-state index is -3.78. The minimum Gasteiger partial charge on any atom is -0.398 e. The molecule has 4 N–H and O–H groups in total. The zero-order valence-corrected chi connectivity index (χ0v) is 13.4. The summed E-state index contributed by atoms with van der Waals surface area (Å²) in [7, 11) is -3.78. The molecule has 0 radical (unpaired) electrons. The highest BCUT2D eigenvalue weighted by atomic mass is 35.5. The van der Waals surface area contributed by atoms with Gasteiger partial charge in [0.05, 0.1) is 11.1 Å². The number of aliphatic hydroxyl groups is 1. The Balaban J connectivity index is 2.87. The fourth-order valence-corrected chi connectivity index (χ4v) is 3.47. The van der Waals surface area contributed by atoms with Gasteiger partial charge in [-0.2, -0.15) is 0 Å². The number of rotatable bonds is 6. The lowest BCUT2D eigenvalue weighted by Gasteiger charge is -2.15. The molecule has 0 spiro atoms. The lowest BCUT2D eigenvalue weighted by Crippen LogP contribution is -2.33. The smallest absolute Gasteiger partial charge is 0.242 e. The molecule has 1 aromatic rings. The maximum Gasteiger partial charge on any atom is 0.242 e. The zero-order valence-electron chi connectivity index (χ0n) is 11.9. The number of benzene rings is 1. The van der Waals surface area contributed by atoms with Gasteiger partial charge in [-0.25, -0.2) is 13.1 Å². The van der Waals surface area contributed by atoms with Crippen molar-refractivity contribution in [3.63, 3.8) is 0 Å². The van der Waals surface area contributed by atoms with Crippen molar-refractivity contribution in [2.45, 2.75) is 38.2 Å². The zero-order chi connectivity index (χ0) is 15.5. The molecule has 0 heterocycles. The number of hydrogen-bond acceptors (Lipinski definition) is 4. The standard InChI is InChI=1S/C13H21ClN2O3S/c1-8(2)4-10(17)7-16-20(18,19)13-6-12(15)9(3)5-11(13)14/h5-6,8,10,16-17H,4,7,15H2,1-3H3. The first-order valence-corrected chi connectivity index (χ1v) is 8.23. The third kappa shape index (κ3) is 4.63. The second-order valence-corrected chi connectivity index (χ2v) is 7.42. The maximum absolute atomic E-state index is 12.1. The lowest BCUT2D eigenvalue weighted by atomic mass is 10.1. The van der Waals surface area contributed by atoms with Crippen LogP contribution in [0.5, 0.6) is 0 Å². The number of hydrogen-bond donors (Lipinski definition) is 3. The first-order valence-electron chi connectivity index (χ1n) is 6.37. The second-order valence-electron chi connectivity index (χ2n) is 5.27. The molecule has 0 saturated carbocycles. The molecule has 0 amide bonds. The Morgan fingerprint density at radius 3 is 2.55 bits per heavy atom. The highest BCUT2D eigenvalue weighted by Crippen LogP contribution is 2.26. The van der Waals surface area contributed by atoms with Crippen LogP contribution in [0.2, 0.25) is 5.02 Å². The summed E-state index contributed by atoms with van der Waals surface area (Å²) >= 11 is 5.95. The predicted octanol–water partition coefficient (Wildman–Crippen LogP) is 1.92. The summed E-state index contributed by atoms with van der Waals surface area (Å²) in [5, 5.41) is 9.83. The van der Waals surface area contributed by atoms with Crippen LogP contribution in [0.15, 0.2) is 17.0 Å².